The number of para-hydroxylation sites is 1. The molecule has 1 aromatic heterocycles. The summed E-state index contributed by atoms with van der Waals surface area (Å²) < 4.78 is 10.6. The van der Waals surface area contributed by atoms with Crippen LogP contribution in [0.4, 0.5) is 10.8 Å². The molecule has 0 aliphatic rings. The number of thiazole rings is 1. The average Bonchev–Trinajstić information content (AvgIpc) is 3.14. The predicted molar refractivity (Wildman–Crippen MR) is 108 cm³/mol. The van der Waals surface area contributed by atoms with Gasteiger partial charge in [0, 0.05) is 12.3 Å². The Bertz CT molecular complexity index is 956. The molecule has 2 aromatic carbocycles. The van der Waals surface area contributed by atoms with Gasteiger partial charge in [0.1, 0.15) is 12.4 Å². The van der Waals surface area contributed by atoms with Crippen molar-refractivity contribution in [2.45, 2.75) is 20.5 Å². The zero-order chi connectivity index (χ0) is 19.9. The minimum Gasteiger partial charge on any atom is -0.482 e. The van der Waals surface area contributed by atoms with Gasteiger partial charge in [-0.3, -0.25) is 9.69 Å². The van der Waals surface area contributed by atoms with E-state index in [-0.39, 0.29) is 19.1 Å². The number of amides is 1. The average molecular weight is 396 g/mol. The summed E-state index contributed by atoms with van der Waals surface area (Å²) in [6.45, 7) is 3.30. The number of rotatable bonds is 7. The fourth-order valence-corrected chi connectivity index (χ4v) is 3.39. The summed E-state index contributed by atoms with van der Waals surface area (Å²) in [5, 5.41) is 2.30. The van der Waals surface area contributed by atoms with Crippen LogP contribution in [0.2, 0.25) is 0 Å². The lowest BCUT2D eigenvalue weighted by Crippen LogP contribution is -2.22. The molecule has 0 radical (unpaired) electrons. The highest BCUT2D eigenvalue weighted by molar-refractivity contribution is 7.14. The van der Waals surface area contributed by atoms with Gasteiger partial charge in [0.25, 0.3) is 0 Å². The Morgan fingerprint density at radius 1 is 1.11 bits per heavy atom. The number of benzene rings is 2. The van der Waals surface area contributed by atoms with E-state index < -0.39 is 5.97 Å². The molecule has 0 N–H and O–H groups in total. The highest BCUT2D eigenvalue weighted by Gasteiger charge is 2.18. The lowest BCUT2D eigenvalue weighted by Gasteiger charge is -2.18. The molecule has 0 atom stereocenters. The highest BCUT2D eigenvalue weighted by atomic mass is 32.1. The Balaban J connectivity index is 1.59. The number of nitrogens with zero attached hydrogens (tertiary/aromatic N) is 2. The van der Waals surface area contributed by atoms with Crippen molar-refractivity contribution in [3.8, 4) is 5.75 Å². The van der Waals surface area contributed by atoms with E-state index in [1.54, 1.807) is 22.4 Å². The highest BCUT2D eigenvalue weighted by Crippen LogP contribution is 2.29. The zero-order valence-corrected chi connectivity index (χ0v) is 16.4. The van der Waals surface area contributed by atoms with Crippen LogP contribution in [0.3, 0.4) is 0 Å². The number of carbonyl (C=O) groups excluding carboxylic acids is 2. The van der Waals surface area contributed by atoms with Crippen molar-refractivity contribution in [1.29, 1.82) is 0 Å². The maximum absolute atomic E-state index is 12.1. The Kier molecular flexibility index (Phi) is 6.39. The van der Waals surface area contributed by atoms with Gasteiger partial charge >= 0.3 is 5.97 Å². The van der Waals surface area contributed by atoms with E-state index in [9.17, 15) is 9.59 Å². The molecule has 0 saturated carbocycles. The van der Waals surface area contributed by atoms with Crippen LogP contribution in [-0.4, -0.2) is 23.5 Å². The second-order valence-corrected chi connectivity index (χ2v) is 6.91. The molecule has 6 nitrogen and oxygen atoms in total. The van der Waals surface area contributed by atoms with Crippen LogP contribution >= 0.6 is 11.3 Å². The fourth-order valence-electron chi connectivity index (χ4n) is 2.51. The number of aromatic nitrogens is 1. The third-order valence-electron chi connectivity index (χ3n) is 3.79. The van der Waals surface area contributed by atoms with Gasteiger partial charge in [-0.25, -0.2) is 9.78 Å². The van der Waals surface area contributed by atoms with E-state index >= 15 is 0 Å². The van der Waals surface area contributed by atoms with E-state index in [1.807, 2.05) is 49.4 Å². The van der Waals surface area contributed by atoms with Crippen LogP contribution in [0.25, 0.3) is 0 Å². The first kappa shape index (κ1) is 19.6. The molecule has 28 heavy (non-hydrogen) atoms. The molecule has 0 bridgehead atoms. The minimum absolute atomic E-state index is 0.0209. The second kappa shape index (κ2) is 9.14. The van der Waals surface area contributed by atoms with Crippen LogP contribution in [0, 0.1) is 6.92 Å². The van der Waals surface area contributed by atoms with Crippen LogP contribution in [0.1, 0.15) is 18.2 Å². The minimum atomic E-state index is -0.486. The van der Waals surface area contributed by atoms with Crippen molar-refractivity contribution in [2.75, 3.05) is 11.5 Å². The van der Waals surface area contributed by atoms with Crippen LogP contribution < -0.4 is 9.64 Å². The zero-order valence-electron chi connectivity index (χ0n) is 15.6. The molecule has 0 spiro atoms. The molecule has 0 aliphatic heterocycles. The number of esters is 1. The van der Waals surface area contributed by atoms with Gasteiger partial charge in [0.15, 0.2) is 11.7 Å². The summed E-state index contributed by atoms with van der Waals surface area (Å²) >= 11 is 1.32. The fraction of sp³-hybridized carbons (Fsp3) is 0.190. The molecule has 144 valence electrons. The standard InChI is InChI=1S/C21H20N2O4S/c1-15-7-6-8-18(11-15)23(16(2)24)21-22-17(14-28-21)12-27-20(25)13-26-19-9-4-3-5-10-19/h3-11,14H,12-13H2,1-2H3. The van der Waals surface area contributed by atoms with E-state index in [2.05, 4.69) is 4.98 Å². The summed E-state index contributed by atoms with van der Waals surface area (Å²) in [7, 11) is 0. The first-order chi connectivity index (χ1) is 13.5. The van der Waals surface area contributed by atoms with Crippen molar-refractivity contribution in [1.82, 2.24) is 4.98 Å². The molecule has 3 aromatic rings. The van der Waals surface area contributed by atoms with Crippen molar-refractivity contribution in [3.63, 3.8) is 0 Å². The first-order valence-corrected chi connectivity index (χ1v) is 9.56. The summed E-state index contributed by atoms with van der Waals surface area (Å²) in [6, 6.07) is 16.7. The molecule has 0 fully saturated rings. The SMILES string of the molecule is CC(=O)N(c1cccc(C)c1)c1nc(COC(=O)COc2ccccc2)cs1. The molecule has 1 heterocycles. The van der Waals surface area contributed by atoms with Gasteiger partial charge in [-0.15, -0.1) is 11.3 Å². The molecule has 0 aliphatic carbocycles. The van der Waals surface area contributed by atoms with Crippen molar-refractivity contribution < 1.29 is 19.1 Å². The molecular formula is C21H20N2O4S. The Labute approximate surface area is 167 Å². The summed E-state index contributed by atoms with van der Waals surface area (Å²) in [5.41, 5.74) is 2.38. The topological polar surface area (TPSA) is 68.7 Å². The van der Waals surface area contributed by atoms with Crippen LogP contribution in [0.5, 0.6) is 5.75 Å². The smallest absolute Gasteiger partial charge is 0.344 e. The lowest BCUT2D eigenvalue weighted by molar-refractivity contribution is -0.147. The largest absolute Gasteiger partial charge is 0.482 e. The number of hydrogen-bond donors (Lipinski definition) is 0. The number of aryl methyl sites for hydroxylation is 1. The monoisotopic (exact) mass is 396 g/mol. The first-order valence-electron chi connectivity index (χ1n) is 8.68. The van der Waals surface area contributed by atoms with Gasteiger partial charge in [0.05, 0.1) is 11.4 Å². The van der Waals surface area contributed by atoms with Crippen molar-refractivity contribution >= 4 is 34.0 Å². The molecule has 1 amide bonds. The van der Waals surface area contributed by atoms with Crippen LogP contribution in [0.15, 0.2) is 60.0 Å². The van der Waals surface area contributed by atoms with Crippen molar-refractivity contribution in [2.24, 2.45) is 0 Å². The second-order valence-electron chi connectivity index (χ2n) is 6.08. The van der Waals surface area contributed by atoms with E-state index in [1.165, 1.54) is 18.3 Å². The van der Waals surface area contributed by atoms with Crippen molar-refractivity contribution in [3.05, 3.63) is 71.2 Å². The predicted octanol–water partition coefficient (Wildman–Crippen LogP) is 4.26. The maximum atomic E-state index is 12.1. The molecule has 0 unspecified atom stereocenters. The van der Waals surface area contributed by atoms with Crippen LogP contribution in [-0.2, 0) is 20.9 Å². The van der Waals surface area contributed by atoms with E-state index in [0.29, 0.717) is 16.6 Å². The quantitative estimate of drug-likeness (QED) is 0.558. The third-order valence-corrected chi connectivity index (χ3v) is 4.66. The number of anilines is 2. The summed E-state index contributed by atoms with van der Waals surface area (Å²) in [6.07, 6.45) is 0. The Hall–Kier alpha value is -3.19. The number of carbonyl (C=O) groups is 2. The summed E-state index contributed by atoms with van der Waals surface area (Å²) in [5.74, 6) is -0.0223. The van der Waals surface area contributed by atoms with E-state index in [0.717, 1.165) is 11.3 Å². The number of hydrogen-bond acceptors (Lipinski definition) is 6. The van der Waals surface area contributed by atoms with Gasteiger partial charge in [-0.05, 0) is 36.8 Å². The Morgan fingerprint density at radius 3 is 2.61 bits per heavy atom. The van der Waals surface area contributed by atoms with Gasteiger partial charge in [0.2, 0.25) is 5.91 Å². The van der Waals surface area contributed by atoms with Gasteiger partial charge in [-0.2, -0.15) is 0 Å². The van der Waals surface area contributed by atoms with Gasteiger partial charge < -0.3 is 9.47 Å². The van der Waals surface area contributed by atoms with Gasteiger partial charge in [-0.1, -0.05) is 30.3 Å². The molecule has 7 heteroatoms. The Morgan fingerprint density at radius 2 is 1.89 bits per heavy atom. The lowest BCUT2D eigenvalue weighted by atomic mass is 10.2. The molecule has 0 saturated heterocycles. The number of ether oxygens (including phenoxy) is 2. The normalized spacial score (nSPS) is 10.4. The van der Waals surface area contributed by atoms with E-state index in [4.69, 9.17) is 9.47 Å². The maximum Gasteiger partial charge on any atom is 0.344 e. The molecular weight excluding hydrogens is 376 g/mol. The summed E-state index contributed by atoms with van der Waals surface area (Å²) in [4.78, 5) is 30.0. The molecule has 3 rings (SSSR count). The third kappa shape index (κ3) is 5.17.